The van der Waals surface area contributed by atoms with E-state index in [1.54, 1.807) is 25.3 Å². The zero-order valence-electron chi connectivity index (χ0n) is 17.2. The summed E-state index contributed by atoms with van der Waals surface area (Å²) in [5.41, 5.74) is 6.94. The van der Waals surface area contributed by atoms with Crippen molar-refractivity contribution in [2.45, 2.75) is 33.5 Å². The molecule has 0 saturated carbocycles. The predicted molar refractivity (Wildman–Crippen MR) is 118 cm³/mol. The molecule has 8 nitrogen and oxygen atoms in total. The van der Waals surface area contributed by atoms with E-state index < -0.39 is 17.6 Å². The van der Waals surface area contributed by atoms with Gasteiger partial charge in [0.2, 0.25) is 0 Å². The second kappa shape index (κ2) is 9.63. The van der Waals surface area contributed by atoms with Crippen LogP contribution < -0.4 is 16.4 Å². The van der Waals surface area contributed by atoms with Gasteiger partial charge in [-0.05, 0) is 50.1 Å². The molecule has 31 heavy (non-hydrogen) atoms. The summed E-state index contributed by atoms with van der Waals surface area (Å²) in [6.45, 7) is 5.89. The Balaban J connectivity index is 1.73. The van der Waals surface area contributed by atoms with Crippen molar-refractivity contribution in [3.8, 4) is 0 Å². The molecule has 0 spiro atoms. The Morgan fingerprint density at radius 1 is 1.16 bits per heavy atom. The highest BCUT2D eigenvalue weighted by atomic mass is 32.1. The van der Waals surface area contributed by atoms with Gasteiger partial charge in [0.05, 0.1) is 24.5 Å². The molecule has 3 rings (SSSR count). The Labute approximate surface area is 182 Å². The van der Waals surface area contributed by atoms with Crippen molar-refractivity contribution in [2.24, 2.45) is 0 Å². The molecule has 1 aromatic carbocycles. The number of thiazole rings is 1. The third kappa shape index (κ3) is 5.83. The van der Waals surface area contributed by atoms with Crippen LogP contribution in [0, 0.1) is 12.7 Å². The van der Waals surface area contributed by atoms with Gasteiger partial charge in [0, 0.05) is 11.9 Å². The van der Waals surface area contributed by atoms with Crippen LogP contribution in [0.25, 0.3) is 0 Å². The topological polar surface area (TPSA) is 119 Å². The van der Waals surface area contributed by atoms with Crippen molar-refractivity contribution in [3.63, 3.8) is 0 Å². The molecular weight excluding hydrogens is 421 g/mol. The van der Waals surface area contributed by atoms with Crippen LogP contribution in [0.3, 0.4) is 0 Å². The molecule has 3 aromatic rings. The minimum absolute atomic E-state index is 0.0898. The fraction of sp³-hybridized carbons (Fsp3) is 0.238. The molecule has 4 N–H and O–H groups in total. The SMILES string of the molecule is Cc1cc(F)c(C(=O)Nc2ccc(COC(C)C)cn2)cc1NC(=O)c1cnc(N)s1. The number of nitrogens with one attached hydrogen (secondary N) is 2. The summed E-state index contributed by atoms with van der Waals surface area (Å²) in [7, 11) is 0. The van der Waals surface area contributed by atoms with Gasteiger partial charge in [-0.1, -0.05) is 17.4 Å². The van der Waals surface area contributed by atoms with Crippen molar-refractivity contribution in [1.82, 2.24) is 9.97 Å². The quantitative estimate of drug-likeness (QED) is 0.508. The summed E-state index contributed by atoms with van der Waals surface area (Å²) < 4.78 is 20.0. The summed E-state index contributed by atoms with van der Waals surface area (Å²) in [6.07, 6.45) is 3.02. The van der Waals surface area contributed by atoms with Gasteiger partial charge in [-0.25, -0.2) is 14.4 Å². The fourth-order valence-electron chi connectivity index (χ4n) is 2.59. The van der Waals surface area contributed by atoms with Crippen molar-refractivity contribution in [2.75, 3.05) is 16.4 Å². The number of carbonyl (C=O) groups excluding carboxylic acids is 2. The minimum atomic E-state index is -0.711. The number of benzene rings is 1. The second-order valence-corrected chi connectivity index (χ2v) is 8.09. The Kier molecular flexibility index (Phi) is 6.93. The van der Waals surface area contributed by atoms with Crippen LogP contribution in [-0.2, 0) is 11.3 Å². The standard InChI is InChI=1S/C21H22FN5O3S/c1-11(2)30-10-13-4-5-18(24-8-13)27-19(28)14-7-16(12(3)6-15(14)22)26-20(29)17-9-25-21(23)31-17/h4-9,11H,10H2,1-3H3,(H2,23,25)(H,26,29)(H,24,27,28). The van der Waals surface area contributed by atoms with Crippen LogP contribution in [0.5, 0.6) is 0 Å². The van der Waals surface area contributed by atoms with Gasteiger partial charge in [0.25, 0.3) is 11.8 Å². The average Bonchev–Trinajstić information content (AvgIpc) is 3.15. The lowest BCUT2D eigenvalue weighted by atomic mass is 10.1. The van der Waals surface area contributed by atoms with Crippen molar-refractivity contribution < 1.29 is 18.7 Å². The summed E-state index contributed by atoms with van der Waals surface area (Å²) in [4.78, 5) is 33.3. The fourth-order valence-corrected chi connectivity index (χ4v) is 3.17. The van der Waals surface area contributed by atoms with E-state index in [2.05, 4.69) is 20.6 Å². The Bertz CT molecular complexity index is 1100. The Hall–Kier alpha value is -3.37. The summed E-state index contributed by atoms with van der Waals surface area (Å²) in [5.74, 6) is -1.58. The maximum atomic E-state index is 14.5. The predicted octanol–water partition coefficient (Wildman–Crippen LogP) is 4.00. The van der Waals surface area contributed by atoms with E-state index in [1.807, 2.05) is 13.8 Å². The van der Waals surface area contributed by atoms with E-state index in [1.165, 1.54) is 18.3 Å². The summed E-state index contributed by atoms with van der Waals surface area (Å²) in [6, 6.07) is 5.85. The number of ether oxygens (including phenoxy) is 1. The van der Waals surface area contributed by atoms with Crippen LogP contribution in [0.2, 0.25) is 0 Å². The lowest BCUT2D eigenvalue weighted by Crippen LogP contribution is -2.17. The van der Waals surface area contributed by atoms with Gasteiger partial charge >= 0.3 is 0 Å². The monoisotopic (exact) mass is 443 g/mol. The first-order valence-corrected chi connectivity index (χ1v) is 10.2. The molecule has 0 radical (unpaired) electrons. The largest absolute Gasteiger partial charge is 0.375 e. The molecule has 0 unspecified atom stereocenters. The van der Waals surface area contributed by atoms with E-state index in [4.69, 9.17) is 10.5 Å². The number of pyridine rings is 1. The van der Waals surface area contributed by atoms with Crippen LogP contribution >= 0.6 is 11.3 Å². The Morgan fingerprint density at radius 2 is 1.94 bits per heavy atom. The molecule has 0 bridgehead atoms. The second-order valence-electron chi connectivity index (χ2n) is 7.03. The number of carbonyl (C=O) groups is 2. The smallest absolute Gasteiger partial charge is 0.267 e. The van der Waals surface area contributed by atoms with E-state index in [0.717, 1.165) is 16.9 Å². The van der Waals surface area contributed by atoms with Gasteiger partial charge < -0.3 is 21.1 Å². The van der Waals surface area contributed by atoms with E-state index >= 15 is 0 Å². The zero-order valence-corrected chi connectivity index (χ0v) is 18.0. The molecule has 0 aliphatic carbocycles. The molecule has 0 fully saturated rings. The number of rotatable bonds is 7. The molecule has 2 aromatic heterocycles. The van der Waals surface area contributed by atoms with E-state index in [0.29, 0.717) is 22.7 Å². The number of hydrogen-bond donors (Lipinski definition) is 3. The third-order valence-corrected chi connectivity index (χ3v) is 5.03. The van der Waals surface area contributed by atoms with Gasteiger partial charge in [-0.15, -0.1) is 0 Å². The lowest BCUT2D eigenvalue weighted by molar-refractivity contribution is 0.0655. The molecule has 2 amide bonds. The molecular formula is C21H22FN5O3S. The normalized spacial score (nSPS) is 10.9. The number of nitrogen functional groups attached to an aromatic ring is 1. The number of nitrogens with zero attached hydrogens (tertiary/aromatic N) is 2. The first kappa shape index (κ1) is 22.3. The van der Waals surface area contributed by atoms with Crippen molar-refractivity contribution >= 4 is 39.8 Å². The summed E-state index contributed by atoms with van der Waals surface area (Å²) in [5, 5.41) is 5.47. The lowest BCUT2D eigenvalue weighted by Gasteiger charge is -2.12. The number of halogens is 1. The van der Waals surface area contributed by atoms with E-state index in [9.17, 15) is 14.0 Å². The highest BCUT2D eigenvalue weighted by molar-refractivity contribution is 7.17. The number of amides is 2. The molecule has 10 heteroatoms. The van der Waals surface area contributed by atoms with Crippen LogP contribution in [-0.4, -0.2) is 27.9 Å². The third-order valence-electron chi connectivity index (χ3n) is 4.20. The molecule has 0 atom stereocenters. The highest BCUT2D eigenvalue weighted by Gasteiger charge is 2.18. The molecule has 162 valence electrons. The maximum Gasteiger partial charge on any atom is 0.267 e. The maximum absolute atomic E-state index is 14.5. The van der Waals surface area contributed by atoms with Crippen LogP contribution in [0.1, 0.15) is 45.0 Å². The molecule has 0 aliphatic heterocycles. The van der Waals surface area contributed by atoms with Gasteiger partial charge in [-0.3, -0.25) is 9.59 Å². The van der Waals surface area contributed by atoms with Crippen LogP contribution in [0.4, 0.5) is 21.0 Å². The van der Waals surface area contributed by atoms with Gasteiger partial charge in [0.1, 0.15) is 16.5 Å². The minimum Gasteiger partial charge on any atom is -0.375 e. The van der Waals surface area contributed by atoms with Crippen LogP contribution in [0.15, 0.2) is 36.7 Å². The molecule has 0 aliphatic rings. The molecule has 2 heterocycles. The van der Waals surface area contributed by atoms with Crippen molar-refractivity contribution in [1.29, 1.82) is 0 Å². The average molecular weight is 444 g/mol. The number of aromatic nitrogens is 2. The first-order valence-electron chi connectivity index (χ1n) is 9.43. The first-order chi connectivity index (χ1) is 14.7. The zero-order chi connectivity index (χ0) is 22.5. The number of aryl methyl sites for hydroxylation is 1. The van der Waals surface area contributed by atoms with Crippen molar-refractivity contribution in [3.05, 3.63) is 64.0 Å². The number of anilines is 3. The van der Waals surface area contributed by atoms with Gasteiger partial charge in [0.15, 0.2) is 5.13 Å². The Morgan fingerprint density at radius 3 is 2.55 bits per heavy atom. The van der Waals surface area contributed by atoms with E-state index in [-0.39, 0.29) is 22.6 Å². The molecule has 0 saturated heterocycles. The number of hydrogen-bond acceptors (Lipinski definition) is 7. The summed E-state index contributed by atoms with van der Waals surface area (Å²) >= 11 is 1.03. The van der Waals surface area contributed by atoms with Gasteiger partial charge in [-0.2, -0.15) is 0 Å². The highest BCUT2D eigenvalue weighted by Crippen LogP contribution is 2.23. The number of nitrogens with two attached hydrogens (primary N) is 1.